The van der Waals surface area contributed by atoms with Crippen molar-refractivity contribution in [1.29, 1.82) is 0 Å². The van der Waals surface area contributed by atoms with E-state index < -0.39 is 10.8 Å². The number of carbonyl (C=O) groups is 1. The van der Waals surface area contributed by atoms with E-state index in [1.807, 2.05) is 24.3 Å². The van der Waals surface area contributed by atoms with Gasteiger partial charge in [0, 0.05) is 41.0 Å². The second-order valence-electron chi connectivity index (χ2n) is 5.58. The highest BCUT2D eigenvalue weighted by Gasteiger charge is 2.06. The molecule has 1 rings (SSSR count). The molecule has 0 aliphatic heterocycles. The van der Waals surface area contributed by atoms with Gasteiger partial charge in [-0.3, -0.25) is 9.00 Å². The molecule has 1 aromatic rings. The van der Waals surface area contributed by atoms with Crippen LogP contribution >= 0.6 is 0 Å². The fourth-order valence-electron chi connectivity index (χ4n) is 1.81. The van der Waals surface area contributed by atoms with E-state index in [1.54, 1.807) is 0 Å². The van der Waals surface area contributed by atoms with Crippen LogP contribution in [0, 0.1) is 5.92 Å². The summed E-state index contributed by atoms with van der Waals surface area (Å²) in [6, 6.07) is 7.49. The number of hydrogen-bond donors (Lipinski definition) is 2. The molecule has 0 fully saturated rings. The summed E-state index contributed by atoms with van der Waals surface area (Å²) >= 11 is 0. The third-order valence-corrected chi connectivity index (χ3v) is 4.61. The van der Waals surface area contributed by atoms with Crippen molar-refractivity contribution in [3.8, 4) is 0 Å². The van der Waals surface area contributed by atoms with Crippen LogP contribution in [0.3, 0.4) is 0 Å². The fraction of sp³-hybridized carbons (Fsp3) is 0.562. The van der Waals surface area contributed by atoms with Gasteiger partial charge < -0.3 is 11.1 Å². The minimum absolute atomic E-state index is 0.0311. The monoisotopic (exact) mass is 310 g/mol. The minimum Gasteiger partial charge on any atom is -0.326 e. The predicted octanol–water partition coefficient (Wildman–Crippen LogP) is 2.66. The SMILES string of the molecule is CC(C)CCS(=O)CCCC(=O)Nc1ccc(CN)cc1. The normalized spacial score (nSPS) is 12.4. The van der Waals surface area contributed by atoms with E-state index in [0.717, 1.165) is 23.4 Å². The van der Waals surface area contributed by atoms with Gasteiger partial charge in [0.1, 0.15) is 0 Å². The Labute approximate surface area is 130 Å². The maximum absolute atomic E-state index is 11.8. The molecule has 0 radical (unpaired) electrons. The van der Waals surface area contributed by atoms with Gasteiger partial charge in [0.15, 0.2) is 0 Å². The highest BCUT2D eigenvalue weighted by Crippen LogP contribution is 2.10. The van der Waals surface area contributed by atoms with Gasteiger partial charge in [0.25, 0.3) is 0 Å². The number of rotatable bonds is 9. The molecule has 1 amide bonds. The van der Waals surface area contributed by atoms with Gasteiger partial charge in [-0.2, -0.15) is 0 Å². The number of nitrogens with one attached hydrogen (secondary N) is 1. The lowest BCUT2D eigenvalue weighted by molar-refractivity contribution is -0.116. The molecule has 118 valence electrons. The first-order valence-corrected chi connectivity index (χ1v) is 8.94. The zero-order valence-corrected chi connectivity index (χ0v) is 13.7. The van der Waals surface area contributed by atoms with Gasteiger partial charge in [-0.05, 0) is 36.5 Å². The molecule has 0 aliphatic rings. The molecule has 1 aromatic carbocycles. The van der Waals surface area contributed by atoms with Crippen LogP contribution in [0.5, 0.6) is 0 Å². The Morgan fingerprint density at radius 1 is 1.24 bits per heavy atom. The first kappa shape index (κ1) is 17.9. The molecule has 3 N–H and O–H groups in total. The number of benzene rings is 1. The van der Waals surface area contributed by atoms with E-state index in [2.05, 4.69) is 19.2 Å². The van der Waals surface area contributed by atoms with Gasteiger partial charge in [0.2, 0.25) is 5.91 Å². The second-order valence-corrected chi connectivity index (χ2v) is 7.28. The standard InChI is InChI=1S/C16H26N2O2S/c1-13(2)9-11-21(20)10-3-4-16(19)18-15-7-5-14(12-17)6-8-15/h5-8,13H,3-4,9-12,17H2,1-2H3,(H,18,19). The van der Waals surface area contributed by atoms with E-state index in [-0.39, 0.29) is 5.91 Å². The van der Waals surface area contributed by atoms with Crippen LogP contribution in [-0.4, -0.2) is 21.6 Å². The Bertz CT molecular complexity index is 458. The van der Waals surface area contributed by atoms with Crippen molar-refractivity contribution in [2.24, 2.45) is 11.7 Å². The summed E-state index contributed by atoms with van der Waals surface area (Å²) in [5, 5.41) is 2.84. The van der Waals surface area contributed by atoms with Gasteiger partial charge >= 0.3 is 0 Å². The molecular formula is C16H26N2O2S. The zero-order chi connectivity index (χ0) is 15.7. The number of hydrogen-bond acceptors (Lipinski definition) is 3. The zero-order valence-electron chi connectivity index (χ0n) is 12.9. The Hall–Kier alpha value is -1.20. The lowest BCUT2D eigenvalue weighted by Crippen LogP contribution is -2.13. The van der Waals surface area contributed by atoms with Crippen molar-refractivity contribution >= 4 is 22.4 Å². The molecule has 0 aromatic heterocycles. The smallest absolute Gasteiger partial charge is 0.224 e. The first-order chi connectivity index (χ1) is 10.0. The van der Waals surface area contributed by atoms with E-state index >= 15 is 0 Å². The summed E-state index contributed by atoms with van der Waals surface area (Å²) in [7, 11) is -0.802. The number of amides is 1. The van der Waals surface area contributed by atoms with Crippen LogP contribution in [0.25, 0.3) is 0 Å². The molecule has 0 heterocycles. The third-order valence-electron chi connectivity index (χ3n) is 3.17. The molecule has 1 unspecified atom stereocenters. The second kappa shape index (κ2) is 9.68. The largest absolute Gasteiger partial charge is 0.326 e. The molecular weight excluding hydrogens is 284 g/mol. The summed E-state index contributed by atoms with van der Waals surface area (Å²) in [6.45, 7) is 4.75. The lowest BCUT2D eigenvalue weighted by Gasteiger charge is -2.07. The number of nitrogens with two attached hydrogens (primary N) is 1. The topological polar surface area (TPSA) is 72.2 Å². The van der Waals surface area contributed by atoms with E-state index in [1.165, 1.54) is 0 Å². The van der Waals surface area contributed by atoms with Gasteiger partial charge in [-0.1, -0.05) is 26.0 Å². The maximum Gasteiger partial charge on any atom is 0.224 e. The molecule has 0 bridgehead atoms. The van der Waals surface area contributed by atoms with Gasteiger partial charge in [0.05, 0.1) is 0 Å². The molecule has 5 heteroatoms. The lowest BCUT2D eigenvalue weighted by atomic mass is 10.2. The molecule has 21 heavy (non-hydrogen) atoms. The van der Waals surface area contributed by atoms with E-state index in [0.29, 0.717) is 31.1 Å². The van der Waals surface area contributed by atoms with Gasteiger partial charge in [-0.25, -0.2) is 0 Å². The minimum atomic E-state index is -0.802. The molecule has 0 saturated heterocycles. The predicted molar refractivity (Wildman–Crippen MR) is 89.5 cm³/mol. The summed E-state index contributed by atoms with van der Waals surface area (Å²) < 4.78 is 11.7. The summed E-state index contributed by atoms with van der Waals surface area (Å²) in [5.41, 5.74) is 7.33. The van der Waals surface area contributed by atoms with E-state index in [4.69, 9.17) is 5.73 Å². The van der Waals surface area contributed by atoms with Crippen molar-refractivity contribution in [3.63, 3.8) is 0 Å². The van der Waals surface area contributed by atoms with Crippen LogP contribution < -0.4 is 11.1 Å². The Morgan fingerprint density at radius 3 is 2.48 bits per heavy atom. The fourth-order valence-corrected chi connectivity index (χ4v) is 3.22. The average Bonchev–Trinajstić information content (AvgIpc) is 2.46. The Morgan fingerprint density at radius 2 is 1.90 bits per heavy atom. The summed E-state index contributed by atoms with van der Waals surface area (Å²) in [6.07, 6.45) is 2.05. The van der Waals surface area contributed by atoms with Gasteiger partial charge in [-0.15, -0.1) is 0 Å². The first-order valence-electron chi connectivity index (χ1n) is 7.45. The highest BCUT2D eigenvalue weighted by molar-refractivity contribution is 7.84. The highest BCUT2D eigenvalue weighted by atomic mass is 32.2. The Kier molecular flexibility index (Phi) is 8.23. The van der Waals surface area contributed by atoms with Crippen molar-refractivity contribution in [3.05, 3.63) is 29.8 Å². The molecule has 4 nitrogen and oxygen atoms in total. The Balaban J connectivity index is 2.23. The van der Waals surface area contributed by atoms with Crippen molar-refractivity contribution in [1.82, 2.24) is 0 Å². The van der Waals surface area contributed by atoms with Crippen LogP contribution in [0.1, 0.15) is 38.7 Å². The average molecular weight is 310 g/mol. The molecule has 0 saturated carbocycles. The third kappa shape index (κ3) is 7.97. The van der Waals surface area contributed by atoms with Crippen molar-refractivity contribution in [2.75, 3.05) is 16.8 Å². The summed E-state index contributed by atoms with van der Waals surface area (Å²) in [5.74, 6) is 1.89. The number of anilines is 1. The number of carbonyl (C=O) groups excluding carboxylic acids is 1. The maximum atomic E-state index is 11.8. The quantitative estimate of drug-likeness (QED) is 0.736. The molecule has 0 spiro atoms. The van der Waals surface area contributed by atoms with Crippen LogP contribution in [0.2, 0.25) is 0 Å². The van der Waals surface area contributed by atoms with Crippen molar-refractivity contribution < 1.29 is 9.00 Å². The van der Waals surface area contributed by atoms with Crippen LogP contribution in [0.4, 0.5) is 5.69 Å². The van der Waals surface area contributed by atoms with Crippen LogP contribution in [-0.2, 0) is 22.1 Å². The molecule has 1 atom stereocenters. The van der Waals surface area contributed by atoms with E-state index in [9.17, 15) is 9.00 Å². The van der Waals surface area contributed by atoms with Crippen molar-refractivity contribution in [2.45, 2.75) is 39.7 Å². The molecule has 0 aliphatic carbocycles. The summed E-state index contributed by atoms with van der Waals surface area (Å²) in [4.78, 5) is 11.8. The van der Waals surface area contributed by atoms with Crippen LogP contribution in [0.15, 0.2) is 24.3 Å².